The van der Waals surface area contributed by atoms with E-state index < -0.39 is 0 Å². The Hall–Kier alpha value is -1.16. The third-order valence-corrected chi connectivity index (χ3v) is 4.42. The van der Waals surface area contributed by atoms with Gasteiger partial charge in [-0.1, -0.05) is 0 Å². The first-order chi connectivity index (χ1) is 12.9. The SMILES string of the molecule is c1cc(OCCOCCOCCOCCOCCOc2ccsc2)cs1. The molecule has 26 heavy (non-hydrogen) atoms. The van der Waals surface area contributed by atoms with Crippen molar-refractivity contribution in [2.75, 3.05) is 66.1 Å². The van der Waals surface area contributed by atoms with Crippen LogP contribution in [0.25, 0.3) is 0 Å². The van der Waals surface area contributed by atoms with Crippen molar-refractivity contribution < 1.29 is 28.4 Å². The monoisotopic (exact) mass is 402 g/mol. The van der Waals surface area contributed by atoms with Gasteiger partial charge in [-0.2, -0.15) is 0 Å². The Kier molecular flexibility index (Phi) is 12.2. The smallest absolute Gasteiger partial charge is 0.130 e. The molecule has 0 fully saturated rings. The first-order valence-corrected chi connectivity index (χ1v) is 10.4. The summed E-state index contributed by atoms with van der Waals surface area (Å²) in [6.45, 7) is 5.55. The van der Waals surface area contributed by atoms with Gasteiger partial charge in [-0.15, -0.1) is 22.7 Å². The summed E-state index contributed by atoms with van der Waals surface area (Å²) in [6.07, 6.45) is 0. The van der Waals surface area contributed by atoms with Crippen LogP contribution >= 0.6 is 22.7 Å². The van der Waals surface area contributed by atoms with Gasteiger partial charge in [0.2, 0.25) is 0 Å². The van der Waals surface area contributed by atoms with Gasteiger partial charge in [0, 0.05) is 10.8 Å². The topological polar surface area (TPSA) is 55.4 Å². The summed E-state index contributed by atoms with van der Waals surface area (Å²) >= 11 is 3.23. The molecule has 0 atom stereocenters. The largest absolute Gasteiger partial charge is 0.490 e. The van der Waals surface area contributed by atoms with E-state index in [2.05, 4.69) is 0 Å². The summed E-state index contributed by atoms with van der Waals surface area (Å²) in [4.78, 5) is 0. The average Bonchev–Trinajstić information content (AvgIpc) is 3.35. The molecule has 0 unspecified atom stereocenters. The maximum Gasteiger partial charge on any atom is 0.130 e. The predicted molar refractivity (Wildman–Crippen MR) is 103 cm³/mol. The number of hydrogen-bond acceptors (Lipinski definition) is 8. The fraction of sp³-hybridized carbons (Fsp3) is 0.556. The molecule has 8 heteroatoms. The van der Waals surface area contributed by atoms with E-state index in [0.717, 1.165) is 11.5 Å². The first-order valence-electron chi connectivity index (χ1n) is 8.56. The summed E-state index contributed by atoms with van der Waals surface area (Å²) in [5.41, 5.74) is 0. The standard InChI is InChI=1S/C18H26O6S2/c1-13-25-15-17(1)23-11-9-21-7-5-19-3-4-20-6-8-22-10-12-24-18-2-14-26-16-18/h1-2,13-16H,3-12H2. The van der Waals surface area contributed by atoms with Crippen molar-refractivity contribution in [3.05, 3.63) is 33.7 Å². The zero-order valence-electron chi connectivity index (χ0n) is 14.8. The Morgan fingerprint density at radius 3 is 1.15 bits per heavy atom. The van der Waals surface area contributed by atoms with Gasteiger partial charge in [0.25, 0.3) is 0 Å². The van der Waals surface area contributed by atoms with Crippen LogP contribution in [0.5, 0.6) is 11.5 Å². The minimum atomic E-state index is 0.552. The molecule has 0 spiro atoms. The molecule has 146 valence electrons. The van der Waals surface area contributed by atoms with Crippen LogP contribution in [0.1, 0.15) is 0 Å². The van der Waals surface area contributed by atoms with Crippen molar-refractivity contribution in [1.29, 1.82) is 0 Å². The number of thiophene rings is 2. The minimum absolute atomic E-state index is 0.552. The van der Waals surface area contributed by atoms with Crippen molar-refractivity contribution in [2.45, 2.75) is 0 Å². The van der Waals surface area contributed by atoms with Crippen molar-refractivity contribution in [3.8, 4) is 11.5 Å². The highest BCUT2D eigenvalue weighted by molar-refractivity contribution is 7.08. The molecular weight excluding hydrogens is 376 g/mol. The molecule has 0 aliphatic carbocycles. The van der Waals surface area contributed by atoms with Crippen LogP contribution in [0.4, 0.5) is 0 Å². The lowest BCUT2D eigenvalue weighted by Gasteiger charge is -2.08. The average molecular weight is 403 g/mol. The lowest BCUT2D eigenvalue weighted by molar-refractivity contribution is -0.00696. The van der Waals surface area contributed by atoms with E-state index in [1.165, 1.54) is 0 Å². The maximum atomic E-state index is 5.48. The van der Waals surface area contributed by atoms with Crippen LogP contribution in [-0.2, 0) is 18.9 Å². The Balaban J connectivity index is 1.22. The van der Waals surface area contributed by atoms with Crippen LogP contribution in [0.2, 0.25) is 0 Å². The van der Waals surface area contributed by atoms with E-state index in [9.17, 15) is 0 Å². The molecule has 2 aromatic heterocycles. The van der Waals surface area contributed by atoms with Crippen LogP contribution in [0, 0.1) is 0 Å². The zero-order chi connectivity index (χ0) is 18.1. The fourth-order valence-electron chi connectivity index (χ4n) is 1.87. The van der Waals surface area contributed by atoms with E-state index in [1.54, 1.807) is 22.7 Å². The van der Waals surface area contributed by atoms with Gasteiger partial charge in [-0.25, -0.2) is 0 Å². The summed E-state index contributed by atoms with van der Waals surface area (Å²) < 4.78 is 32.6. The van der Waals surface area contributed by atoms with E-state index >= 15 is 0 Å². The molecule has 2 heterocycles. The summed E-state index contributed by atoms with van der Waals surface area (Å²) in [7, 11) is 0. The molecule has 0 aliphatic heterocycles. The third-order valence-electron chi connectivity index (χ3n) is 3.10. The Morgan fingerprint density at radius 1 is 0.500 bits per heavy atom. The van der Waals surface area contributed by atoms with Crippen molar-refractivity contribution in [2.24, 2.45) is 0 Å². The van der Waals surface area contributed by atoms with Gasteiger partial charge < -0.3 is 28.4 Å². The Labute approximate surface area is 162 Å². The number of ether oxygens (including phenoxy) is 6. The molecule has 2 aromatic rings. The lowest BCUT2D eigenvalue weighted by atomic mass is 10.6. The molecule has 0 radical (unpaired) electrons. The summed E-state index contributed by atoms with van der Waals surface area (Å²) in [6, 6.07) is 3.88. The second-order valence-corrected chi connectivity index (χ2v) is 6.62. The van der Waals surface area contributed by atoms with E-state index in [0.29, 0.717) is 66.1 Å². The summed E-state index contributed by atoms with van der Waals surface area (Å²) in [5.74, 6) is 1.79. The van der Waals surface area contributed by atoms with E-state index in [1.807, 2.05) is 33.7 Å². The molecule has 0 saturated carbocycles. The highest BCUT2D eigenvalue weighted by atomic mass is 32.1. The lowest BCUT2D eigenvalue weighted by Crippen LogP contribution is -2.14. The minimum Gasteiger partial charge on any atom is -0.490 e. The molecule has 0 N–H and O–H groups in total. The van der Waals surface area contributed by atoms with Gasteiger partial charge in [0.15, 0.2) is 0 Å². The highest BCUT2D eigenvalue weighted by Gasteiger charge is 1.96. The molecule has 6 nitrogen and oxygen atoms in total. The third kappa shape index (κ3) is 10.7. The molecule has 0 amide bonds. The molecule has 2 rings (SSSR count). The second kappa shape index (κ2) is 15.0. The second-order valence-electron chi connectivity index (χ2n) is 5.06. The summed E-state index contributed by atoms with van der Waals surface area (Å²) in [5, 5.41) is 7.90. The zero-order valence-corrected chi connectivity index (χ0v) is 16.4. The quantitative estimate of drug-likeness (QED) is 0.378. The molecule has 0 bridgehead atoms. The predicted octanol–water partition coefficient (Wildman–Crippen LogP) is 3.33. The van der Waals surface area contributed by atoms with E-state index in [4.69, 9.17) is 28.4 Å². The van der Waals surface area contributed by atoms with Crippen LogP contribution in [-0.4, -0.2) is 66.1 Å². The maximum absolute atomic E-state index is 5.48. The van der Waals surface area contributed by atoms with Gasteiger partial charge in [0.05, 0.1) is 52.9 Å². The van der Waals surface area contributed by atoms with Crippen molar-refractivity contribution in [1.82, 2.24) is 0 Å². The van der Waals surface area contributed by atoms with Crippen molar-refractivity contribution in [3.63, 3.8) is 0 Å². The molecular formula is C18H26O6S2. The van der Waals surface area contributed by atoms with Crippen LogP contribution in [0.3, 0.4) is 0 Å². The Bertz CT molecular complexity index is 470. The number of rotatable bonds is 17. The van der Waals surface area contributed by atoms with Gasteiger partial charge in [-0.05, 0) is 22.9 Å². The fourth-order valence-corrected chi connectivity index (χ4v) is 3.01. The van der Waals surface area contributed by atoms with Crippen LogP contribution in [0.15, 0.2) is 33.7 Å². The molecule has 0 aliphatic rings. The number of hydrogen-bond donors (Lipinski definition) is 0. The first kappa shape index (κ1) is 21.1. The highest BCUT2D eigenvalue weighted by Crippen LogP contribution is 2.14. The van der Waals surface area contributed by atoms with Crippen molar-refractivity contribution >= 4 is 22.7 Å². The van der Waals surface area contributed by atoms with E-state index in [-0.39, 0.29) is 0 Å². The van der Waals surface area contributed by atoms with Gasteiger partial charge >= 0.3 is 0 Å². The van der Waals surface area contributed by atoms with Gasteiger partial charge in [-0.3, -0.25) is 0 Å². The molecule has 0 saturated heterocycles. The molecule has 0 aromatic carbocycles. The van der Waals surface area contributed by atoms with Crippen LogP contribution < -0.4 is 9.47 Å². The Morgan fingerprint density at radius 2 is 0.846 bits per heavy atom. The normalized spacial score (nSPS) is 10.9. The van der Waals surface area contributed by atoms with Gasteiger partial charge in [0.1, 0.15) is 24.7 Å².